The fourth-order valence-corrected chi connectivity index (χ4v) is 1.76. The van der Waals surface area contributed by atoms with Crippen molar-refractivity contribution in [3.63, 3.8) is 0 Å². The second-order valence-electron chi connectivity index (χ2n) is 5.13. The maximum atomic E-state index is 10.9. The molecule has 1 N–H and O–H groups in total. The minimum atomic E-state index is -0.345. The number of hydrogen-bond donors (Lipinski definition) is 1. The van der Waals surface area contributed by atoms with Gasteiger partial charge in [0.2, 0.25) is 0 Å². The van der Waals surface area contributed by atoms with E-state index in [9.17, 15) is 10.1 Å². The van der Waals surface area contributed by atoms with Gasteiger partial charge in [-0.2, -0.15) is 0 Å². The Labute approximate surface area is 114 Å². The average Bonchev–Trinajstić information content (AvgIpc) is 2.33. The van der Waals surface area contributed by atoms with Gasteiger partial charge < -0.3 is 10.2 Å². The first-order chi connectivity index (χ1) is 8.91. The minimum Gasteiger partial charge on any atom is -0.379 e. The Bertz CT molecular complexity index is 433. The van der Waals surface area contributed by atoms with Crippen molar-refractivity contribution in [2.45, 2.75) is 33.2 Å². The fraction of sp³-hybridized carbons (Fsp3) is 0.571. The van der Waals surface area contributed by atoms with Crippen LogP contribution in [-0.2, 0) is 0 Å². The van der Waals surface area contributed by atoms with Gasteiger partial charge in [-0.25, -0.2) is 0 Å². The van der Waals surface area contributed by atoms with Crippen LogP contribution in [0.3, 0.4) is 0 Å². The molecule has 0 aliphatic carbocycles. The van der Waals surface area contributed by atoms with Crippen molar-refractivity contribution in [2.24, 2.45) is 0 Å². The number of nitro benzene ring substituents is 1. The molecule has 1 rings (SSSR count). The SMILES string of the molecule is Cc1ccc([N+](=O)[O-])c(NCCCN(C)C(C)C)c1. The van der Waals surface area contributed by atoms with Crippen LogP contribution in [0.4, 0.5) is 11.4 Å². The summed E-state index contributed by atoms with van der Waals surface area (Å²) in [6.45, 7) is 7.95. The maximum Gasteiger partial charge on any atom is 0.292 e. The van der Waals surface area contributed by atoms with E-state index >= 15 is 0 Å². The quantitative estimate of drug-likeness (QED) is 0.467. The average molecular weight is 265 g/mol. The highest BCUT2D eigenvalue weighted by Crippen LogP contribution is 2.24. The molecule has 19 heavy (non-hydrogen) atoms. The van der Waals surface area contributed by atoms with Crippen LogP contribution < -0.4 is 5.32 Å². The Morgan fingerprint density at radius 1 is 1.42 bits per heavy atom. The van der Waals surface area contributed by atoms with Crippen LogP contribution in [0.2, 0.25) is 0 Å². The lowest BCUT2D eigenvalue weighted by molar-refractivity contribution is -0.384. The topological polar surface area (TPSA) is 58.4 Å². The molecule has 5 heteroatoms. The van der Waals surface area contributed by atoms with E-state index in [-0.39, 0.29) is 10.6 Å². The largest absolute Gasteiger partial charge is 0.379 e. The molecule has 0 aliphatic heterocycles. The van der Waals surface area contributed by atoms with Crippen LogP contribution in [0.25, 0.3) is 0 Å². The van der Waals surface area contributed by atoms with Crippen LogP contribution in [0, 0.1) is 17.0 Å². The Hall–Kier alpha value is -1.62. The summed E-state index contributed by atoms with van der Waals surface area (Å²) in [4.78, 5) is 12.8. The second-order valence-corrected chi connectivity index (χ2v) is 5.13. The van der Waals surface area contributed by atoms with Crippen LogP contribution in [0.1, 0.15) is 25.8 Å². The second kappa shape index (κ2) is 7.09. The third-order valence-corrected chi connectivity index (χ3v) is 3.23. The van der Waals surface area contributed by atoms with Crippen LogP contribution in [-0.4, -0.2) is 36.0 Å². The summed E-state index contributed by atoms with van der Waals surface area (Å²) in [6, 6.07) is 5.66. The summed E-state index contributed by atoms with van der Waals surface area (Å²) >= 11 is 0. The molecule has 5 nitrogen and oxygen atoms in total. The van der Waals surface area contributed by atoms with E-state index in [1.165, 1.54) is 0 Å². The number of nitrogens with one attached hydrogen (secondary N) is 1. The first-order valence-corrected chi connectivity index (χ1v) is 6.61. The van der Waals surface area contributed by atoms with Crippen molar-refractivity contribution in [3.05, 3.63) is 33.9 Å². The molecule has 0 aromatic heterocycles. The molecule has 0 fully saturated rings. The number of aryl methyl sites for hydroxylation is 1. The Morgan fingerprint density at radius 2 is 2.11 bits per heavy atom. The van der Waals surface area contributed by atoms with Crippen molar-refractivity contribution < 1.29 is 4.92 Å². The highest BCUT2D eigenvalue weighted by atomic mass is 16.6. The normalized spacial score (nSPS) is 11.1. The first kappa shape index (κ1) is 15.4. The Kier molecular flexibility index (Phi) is 5.76. The van der Waals surface area contributed by atoms with Gasteiger partial charge in [0, 0.05) is 18.7 Å². The van der Waals surface area contributed by atoms with Crippen molar-refractivity contribution in [3.8, 4) is 0 Å². The van der Waals surface area contributed by atoms with E-state index in [2.05, 4.69) is 31.1 Å². The van der Waals surface area contributed by atoms with E-state index in [1.807, 2.05) is 13.0 Å². The van der Waals surface area contributed by atoms with Crippen molar-refractivity contribution >= 4 is 11.4 Å². The van der Waals surface area contributed by atoms with Gasteiger partial charge in [-0.05, 0) is 52.4 Å². The summed E-state index contributed by atoms with van der Waals surface area (Å²) in [5.41, 5.74) is 1.77. The van der Waals surface area contributed by atoms with Gasteiger partial charge in [0.15, 0.2) is 0 Å². The fourth-order valence-electron chi connectivity index (χ4n) is 1.76. The van der Waals surface area contributed by atoms with Gasteiger partial charge in [0.1, 0.15) is 5.69 Å². The highest BCUT2D eigenvalue weighted by molar-refractivity contribution is 5.62. The predicted molar refractivity (Wildman–Crippen MR) is 78.7 cm³/mol. The van der Waals surface area contributed by atoms with E-state index in [1.54, 1.807) is 12.1 Å². The van der Waals surface area contributed by atoms with Gasteiger partial charge in [0.25, 0.3) is 5.69 Å². The minimum absolute atomic E-state index is 0.141. The lowest BCUT2D eigenvalue weighted by atomic mass is 10.2. The number of nitrogens with zero attached hydrogens (tertiary/aromatic N) is 2. The maximum absolute atomic E-state index is 10.9. The van der Waals surface area contributed by atoms with E-state index < -0.39 is 0 Å². The molecule has 0 heterocycles. The number of anilines is 1. The molecule has 1 aromatic rings. The van der Waals surface area contributed by atoms with E-state index in [0.29, 0.717) is 11.7 Å². The van der Waals surface area contributed by atoms with E-state index in [0.717, 1.165) is 25.1 Å². The molecule has 0 saturated heterocycles. The van der Waals surface area contributed by atoms with Gasteiger partial charge in [-0.15, -0.1) is 0 Å². The molecule has 0 aliphatic rings. The van der Waals surface area contributed by atoms with Crippen LogP contribution >= 0.6 is 0 Å². The molecule has 0 unspecified atom stereocenters. The van der Waals surface area contributed by atoms with Gasteiger partial charge in [-0.1, -0.05) is 6.07 Å². The summed E-state index contributed by atoms with van der Waals surface area (Å²) < 4.78 is 0. The van der Waals surface area contributed by atoms with Crippen molar-refractivity contribution in [1.82, 2.24) is 4.90 Å². The van der Waals surface area contributed by atoms with Gasteiger partial charge in [-0.3, -0.25) is 10.1 Å². The lowest BCUT2D eigenvalue weighted by Gasteiger charge is -2.20. The van der Waals surface area contributed by atoms with Crippen LogP contribution in [0.15, 0.2) is 18.2 Å². The zero-order chi connectivity index (χ0) is 14.4. The summed E-state index contributed by atoms with van der Waals surface area (Å²) in [5.74, 6) is 0. The molecule has 1 aromatic carbocycles. The molecular formula is C14H23N3O2. The highest BCUT2D eigenvalue weighted by Gasteiger charge is 2.12. The molecule has 0 spiro atoms. The molecule has 0 atom stereocenters. The zero-order valence-corrected chi connectivity index (χ0v) is 12.1. The summed E-state index contributed by atoms with van der Waals surface area (Å²) in [7, 11) is 2.08. The van der Waals surface area contributed by atoms with Crippen LogP contribution in [0.5, 0.6) is 0 Å². The smallest absolute Gasteiger partial charge is 0.292 e. The molecule has 0 bridgehead atoms. The molecule has 0 saturated carbocycles. The predicted octanol–water partition coefficient (Wildman–Crippen LogP) is 3.05. The molecule has 106 valence electrons. The molecular weight excluding hydrogens is 242 g/mol. The Morgan fingerprint density at radius 3 is 2.68 bits per heavy atom. The lowest BCUT2D eigenvalue weighted by Crippen LogP contribution is -2.28. The third-order valence-electron chi connectivity index (χ3n) is 3.23. The Balaban J connectivity index is 2.53. The third kappa shape index (κ3) is 4.87. The monoisotopic (exact) mass is 265 g/mol. The van der Waals surface area contributed by atoms with Crippen molar-refractivity contribution in [1.29, 1.82) is 0 Å². The van der Waals surface area contributed by atoms with Gasteiger partial charge >= 0.3 is 0 Å². The number of benzene rings is 1. The number of hydrogen-bond acceptors (Lipinski definition) is 4. The molecule has 0 radical (unpaired) electrons. The standard InChI is InChI=1S/C14H23N3O2/c1-11(2)16(4)9-5-8-15-13-10-12(3)6-7-14(13)17(18)19/h6-7,10-11,15H,5,8-9H2,1-4H3. The molecule has 0 amide bonds. The van der Waals surface area contributed by atoms with Gasteiger partial charge in [0.05, 0.1) is 4.92 Å². The van der Waals surface area contributed by atoms with E-state index in [4.69, 9.17) is 0 Å². The first-order valence-electron chi connectivity index (χ1n) is 6.61. The number of rotatable bonds is 7. The number of nitro groups is 1. The summed E-state index contributed by atoms with van der Waals surface area (Å²) in [6.07, 6.45) is 0.958. The summed E-state index contributed by atoms with van der Waals surface area (Å²) in [5, 5.41) is 14.1. The van der Waals surface area contributed by atoms with Crippen molar-refractivity contribution in [2.75, 3.05) is 25.5 Å². The zero-order valence-electron chi connectivity index (χ0n) is 12.1.